The van der Waals surface area contributed by atoms with Crippen molar-refractivity contribution in [3.05, 3.63) is 0 Å². The fourth-order valence-corrected chi connectivity index (χ4v) is 2.87. The summed E-state index contributed by atoms with van der Waals surface area (Å²) in [7, 11) is 0. The summed E-state index contributed by atoms with van der Waals surface area (Å²) in [5, 5.41) is 0. The molecule has 102 valence electrons. The second-order valence-electron chi connectivity index (χ2n) is 5.71. The van der Waals surface area contributed by atoms with Gasteiger partial charge in [0.15, 0.2) is 0 Å². The largest absolute Gasteiger partial charge is 0.454 e. The minimum absolute atomic E-state index is 0.0878. The fourth-order valence-electron chi connectivity index (χ4n) is 2.87. The van der Waals surface area contributed by atoms with E-state index in [4.69, 9.17) is 9.47 Å². The maximum Gasteiger partial charge on any atom is 0.418 e. The highest BCUT2D eigenvalue weighted by Crippen LogP contribution is 2.32. The zero-order valence-corrected chi connectivity index (χ0v) is 11.1. The van der Waals surface area contributed by atoms with Crippen molar-refractivity contribution in [3.8, 4) is 0 Å². The molecule has 2 saturated carbocycles. The first-order chi connectivity index (χ1) is 8.59. The van der Waals surface area contributed by atoms with Crippen LogP contribution in [0.3, 0.4) is 0 Å². The topological polar surface area (TPSA) is 52.6 Å². The first kappa shape index (κ1) is 13.4. The van der Waals surface area contributed by atoms with E-state index in [1.165, 1.54) is 6.42 Å². The van der Waals surface area contributed by atoms with Crippen LogP contribution in [0.1, 0.15) is 64.7 Å². The predicted octanol–water partition coefficient (Wildman–Crippen LogP) is 2.74. The van der Waals surface area contributed by atoms with Crippen molar-refractivity contribution in [2.24, 2.45) is 0 Å². The molecule has 2 rings (SSSR count). The molecule has 0 spiro atoms. The SMILES string of the molecule is CC1(OC(=O)C(=O)OC2CCCCC2)CCCC1. The van der Waals surface area contributed by atoms with Gasteiger partial charge in [-0.3, -0.25) is 0 Å². The van der Waals surface area contributed by atoms with E-state index in [9.17, 15) is 9.59 Å². The first-order valence-corrected chi connectivity index (χ1v) is 7.03. The summed E-state index contributed by atoms with van der Waals surface area (Å²) in [6, 6.07) is 0. The van der Waals surface area contributed by atoms with Gasteiger partial charge in [0.1, 0.15) is 11.7 Å². The Hall–Kier alpha value is -1.06. The third-order valence-electron chi connectivity index (χ3n) is 3.99. The minimum atomic E-state index is -0.815. The van der Waals surface area contributed by atoms with Gasteiger partial charge in [-0.1, -0.05) is 6.42 Å². The average molecular weight is 254 g/mol. The summed E-state index contributed by atoms with van der Waals surface area (Å²) in [5.74, 6) is -1.63. The molecular weight excluding hydrogens is 232 g/mol. The van der Waals surface area contributed by atoms with E-state index < -0.39 is 17.5 Å². The van der Waals surface area contributed by atoms with Crippen molar-refractivity contribution in [1.29, 1.82) is 0 Å². The molecule has 4 heteroatoms. The third-order valence-corrected chi connectivity index (χ3v) is 3.99. The van der Waals surface area contributed by atoms with Crippen LogP contribution in [0.15, 0.2) is 0 Å². The summed E-state index contributed by atoms with van der Waals surface area (Å²) in [4.78, 5) is 23.3. The second kappa shape index (κ2) is 5.72. The third kappa shape index (κ3) is 3.47. The van der Waals surface area contributed by atoms with Crippen LogP contribution < -0.4 is 0 Å². The Morgan fingerprint density at radius 2 is 1.56 bits per heavy atom. The normalized spacial score (nSPS) is 23.6. The van der Waals surface area contributed by atoms with Crippen LogP contribution in [0, 0.1) is 0 Å². The van der Waals surface area contributed by atoms with Gasteiger partial charge >= 0.3 is 11.9 Å². The quantitative estimate of drug-likeness (QED) is 0.561. The van der Waals surface area contributed by atoms with Crippen LogP contribution in [-0.4, -0.2) is 23.6 Å². The zero-order valence-electron chi connectivity index (χ0n) is 11.1. The number of esters is 2. The molecule has 2 aliphatic carbocycles. The number of ether oxygens (including phenoxy) is 2. The van der Waals surface area contributed by atoms with Gasteiger partial charge in [0.05, 0.1) is 0 Å². The average Bonchev–Trinajstić information content (AvgIpc) is 2.77. The first-order valence-electron chi connectivity index (χ1n) is 7.03. The van der Waals surface area contributed by atoms with E-state index in [0.29, 0.717) is 0 Å². The van der Waals surface area contributed by atoms with E-state index >= 15 is 0 Å². The molecule has 4 nitrogen and oxygen atoms in total. The molecular formula is C14H22O4. The molecule has 0 saturated heterocycles. The standard InChI is InChI=1S/C14H22O4/c1-14(9-5-6-10-14)18-13(16)12(15)17-11-7-3-2-4-8-11/h11H,2-10H2,1H3. The Morgan fingerprint density at radius 3 is 2.17 bits per heavy atom. The van der Waals surface area contributed by atoms with Crippen LogP contribution in [0.4, 0.5) is 0 Å². The lowest BCUT2D eigenvalue weighted by Crippen LogP contribution is -2.34. The van der Waals surface area contributed by atoms with E-state index in [-0.39, 0.29) is 6.10 Å². The van der Waals surface area contributed by atoms with Crippen LogP contribution in [0.25, 0.3) is 0 Å². The smallest absolute Gasteiger partial charge is 0.418 e. The molecule has 0 amide bonds. The Balaban J connectivity index is 1.79. The second-order valence-corrected chi connectivity index (χ2v) is 5.71. The highest BCUT2D eigenvalue weighted by atomic mass is 16.6. The van der Waals surface area contributed by atoms with Gasteiger partial charge in [-0.2, -0.15) is 0 Å². The van der Waals surface area contributed by atoms with Crippen molar-refractivity contribution in [2.75, 3.05) is 0 Å². The molecule has 2 fully saturated rings. The molecule has 0 unspecified atom stereocenters. The predicted molar refractivity (Wildman–Crippen MR) is 65.9 cm³/mol. The highest BCUT2D eigenvalue weighted by Gasteiger charge is 2.35. The van der Waals surface area contributed by atoms with Gasteiger partial charge in [0.25, 0.3) is 0 Å². The molecule has 0 heterocycles. The summed E-state index contributed by atoms with van der Waals surface area (Å²) in [6.07, 6.45) is 8.79. The Kier molecular flexibility index (Phi) is 4.25. The molecule has 0 aromatic rings. The molecule has 0 N–H and O–H groups in total. The fraction of sp³-hybridized carbons (Fsp3) is 0.857. The van der Waals surface area contributed by atoms with Crippen molar-refractivity contribution < 1.29 is 19.1 Å². The summed E-state index contributed by atoms with van der Waals surface area (Å²) >= 11 is 0. The maximum absolute atomic E-state index is 11.7. The molecule has 0 radical (unpaired) electrons. The van der Waals surface area contributed by atoms with Gasteiger partial charge in [0, 0.05) is 0 Å². The lowest BCUT2D eigenvalue weighted by molar-refractivity contribution is -0.179. The maximum atomic E-state index is 11.7. The van der Waals surface area contributed by atoms with E-state index in [1.807, 2.05) is 6.92 Å². The van der Waals surface area contributed by atoms with Crippen molar-refractivity contribution >= 4 is 11.9 Å². The Bertz CT molecular complexity index is 312. The number of hydrogen-bond acceptors (Lipinski definition) is 4. The lowest BCUT2D eigenvalue weighted by Gasteiger charge is -2.25. The van der Waals surface area contributed by atoms with Crippen molar-refractivity contribution in [1.82, 2.24) is 0 Å². The number of hydrogen-bond donors (Lipinski definition) is 0. The Morgan fingerprint density at radius 1 is 0.944 bits per heavy atom. The van der Waals surface area contributed by atoms with Gasteiger partial charge in [-0.25, -0.2) is 9.59 Å². The van der Waals surface area contributed by atoms with Crippen molar-refractivity contribution in [2.45, 2.75) is 76.4 Å². The van der Waals surface area contributed by atoms with Gasteiger partial charge < -0.3 is 9.47 Å². The summed E-state index contributed by atoms with van der Waals surface area (Å²) < 4.78 is 10.5. The minimum Gasteiger partial charge on any atom is -0.454 e. The molecule has 0 aromatic carbocycles. The van der Waals surface area contributed by atoms with E-state index in [2.05, 4.69) is 0 Å². The van der Waals surface area contributed by atoms with Gasteiger partial charge in [-0.05, 0) is 58.3 Å². The monoisotopic (exact) mass is 254 g/mol. The summed E-state index contributed by atoms with van der Waals surface area (Å²) in [6.45, 7) is 1.89. The molecule has 0 aliphatic heterocycles. The molecule has 0 aromatic heterocycles. The number of carbonyl (C=O) groups is 2. The highest BCUT2D eigenvalue weighted by molar-refractivity contribution is 6.29. The molecule has 2 aliphatic rings. The molecule has 18 heavy (non-hydrogen) atoms. The van der Waals surface area contributed by atoms with Crippen LogP contribution in [0.5, 0.6) is 0 Å². The molecule has 0 bridgehead atoms. The van der Waals surface area contributed by atoms with E-state index in [1.54, 1.807) is 0 Å². The molecule has 0 atom stereocenters. The van der Waals surface area contributed by atoms with Gasteiger partial charge in [-0.15, -0.1) is 0 Å². The Labute approximate surface area is 108 Å². The van der Waals surface area contributed by atoms with E-state index in [0.717, 1.165) is 51.4 Å². The summed E-state index contributed by atoms with van der Waals surface area (Å²) in [5.41, 5.74) is -0.456. The van der Waals surface area contributed by atoms with Gasteiger partial charge in [0.2, 0.25) is 0 Å². The van der Waals surface area contributed by atoms with Crippen molar-refractivity contribution in [3.63, 3.8) is 0 Å². The van der Waals surface area contributed by atoms with Crippen LogP contribution in [0.2, 0.25) is 0 Å². The van der Waals surface area contributed by atoms with Crippen LogP contribution in [-0.2, 0) is 19.1 Å². The number of carbonyl (C=O) groups excluding carboxylic acids is 2. The zero-order chi connectivity index (χ0) is 13.0. The van der Waals surface area contributed by atoms with Crippen LogP contribution >= 0.6 is 0 Å². The lowest BCUT2D eigenvalue weighted by atomic mass is 9.98. The number of rotatable bonds is 2.